The summed E-state index contributed by atoms with van der Waals surface area (Å²) in [5.74, 6) is -0.848. The van der Waals surface area contributed by atoms with Gasteiger partial charge in [0.25, 0.3) is 5.91 Å². The van der Waals surface area contributed by atoms with Crippen molar-refractivity contribution in [1.29, 1.82) is 0 Å². The third kappa shape index (κ3) is 2.29. The molecule has 4 rings (SSSR count). The lowest BCUT2D eigenvalue weighted by Gasteiger charge is -2.30. The molecule has 5 heteroatoms. The highest BCUT2D eigenvalue weighted by Gasteiger charge is 2.40. The maximum Gasteiger partial charge on any atom is 0.259 e. The second-order valence-electron chi connectivity index (χ2n) is 5.32. The topological polar surface area (TPSA) is 66.5 Å². The summed E-state index contributed by atoms with van der Waals surface area (Å²) in [4.78, 5) is 37.6. The van der Waals surface area contributed by atoms with Gasteiger partial charge >= 0.3 is 0 Å². The number of carbonyl (C=O) groups excluding carboxylic acids is 3. The maximum atomic E-state index is 12.7. The lowest BCUT2D eigenvalue weighted by Crippen LogP contribution is -2.53. The minimum atomic E-state index is -0.617. The van der Waals surface area contributed by atoms with Crippen molar-refractivity contribution in [2.45, 2.75) is 32.7 Å². The molecule has 2 aliphatic rings. The molecule has 2 heterocycles. The molecular formula is C18H20N2O3. The molecule has 1 unspecified atom stereocenters. The van der Waals surface area contributed by atoms with Crippen LogP contribution < -0.4 is 10.2 Å². The Kier molecular flexibility index (Phi) is 3.86. The van der Waals surface area contributed by atoms with Crippen molar-refractivity contribution < 1.29 is 15.8 Å². The lowest BCUT2D eigenvalue weighted by molar-refractivity contribution is -0.134. The molecule has 3 amide bonds. The molecule has 0 radical (unpaired) electrons. The fourth-order valence-electron chi connectivity index (χ4n) is 3.18. The number of anilines is 1. The molecule has 5 nitrogen and oxygen atoms in total. The first-order valence-corrected chi connectivity index (χ1v) is 7.86. The van der Waals surface area contributed by atoms with Crippen LogP contribution in [0.1, 0.15) is 38.5 Å². The summed E-state index contributed by atoms with van der Waals surface area (Å²) in [6, 6.07) is 10.6. The number of piperidine rings is 1. The fourth-order valence-corrected chi connectivity index (χ4v) is 3.18. The zero-order valence-electron chi connectivity index (χ0n) is 13.1. The number of carbonyl (C=O) groups is 3. The van der Waals surface area contributed by atoms with E-state index in [-0.39, 0.29) is 19.7 Å². The summed E-state index contributed by atoms with van der Waals surface area (Å²) in [6.45, 7) is 4.00. The van der Waals surface area contributed by atoms with Crippen LogP contribution in [0.25, 0.3) is 10.8 Å². The minimum absolute atomic E-state index is 0. The fraction of sp³-hybridized carbons (Fsp3) is 0.278. The third-order valence-corrected chi connectivity index (χ3v) is 4.11. The van der Waals surface area contributed by atoms with E-state index in [0.29, 0.717) is 12.0 Å². The molecule has 1 N–H and O–H groups in total. The van der Waals surface area contributed by atoms with Crippen LogP contribution in [0.3, 0.4) is 0 Å². The van der Waals surface area contributed by atoms with Gasteiger partial charge in [-0.2, -0.15) is 0 Å². The van der Waals surface area contributed by atoms with E-state index in [1.165, 1.54) is 4.90 Å². The summed E-state index contributed by atoms with van der Waals surface area (Å²) >= 11 is 0. The van der Waals surface area contributed by atoms with Gasteiger partial charge in [-0.05, 0) is 23.9 Å². The Balaban J connectivity index is 0.000000670. The van der Waals surface area contributed by atoms with E-state index in [9.17, 15) is 14.4 Å². The van der Waals surface area contributed by atoms with Gasteiger partial charge in [-0.25, -0.2) is 0 Å². The molecule has 23 heavy (non-hydrogen) atoms. The van der Waals surface area contributed by atoms with Crippen molar-refractivity contribution in [3.63, 3.8) is 0 Å². The standard InChI is InChI=1S/C16H12N2O3.C2H6.H2/c19-13-8-7-12(15(20)17-13)18-11-6-2-4-9-3-1-5-10(14(9)11)16(18)21;1-2;/h1-6,12H,7-8H2,(H,17,19,20);1-2H3;1H. The summed E-state index contributed by atoms with van der Waals surface area (Å²) < 4.78 is 0. The van der Waals surface area contributed by atoms with Crippen LogP contribution in [0.15, 0.2) is 36.4 Å². The first-order valence-electron chi connectivity index (χ1n) is 7.86. The molecule has 2 aliphatic heterocycles. The van der Waals surface area contributed by atoms with Crippen LogP contribution in [0.5, 0.6) is 0 Å². The highest BCUT2D eigenvalue weighted by Crippen LogP contribution is 2.39. The molecule has 0 aromatic heterocycles. The smallest absolute Gasteiger partial charge is 0.259 e. The average molecular weight is 312 g/mol. The second-order valence-corrected chi connectivity index (χ2v) is 5.32. The number of hydrogen-bond donors (Lipinski definition) is 1. The van der Waals surface area contributed by atoms with Gasteiger partial charge in [0.1, 0.15) is 6.04 Å². The lowest BCUT2D eigenvalue weighted by atomic mass is 10.0. The molecule has 2 aromatic carbocycles. The minimum Gasteiger partial charge on any atom is -0.295 e. The average Bonchev–Trinajstić information content (AvgIpc) is 2.85. The SMILES string of the molecule is CC.O=C1CCC(N2C(=O)c3cccc4cccc2c34)C(=O)N1.[HH]. The molecule has 1 fully saturated rings. The number of nitrogens with zero attached hydrogens (tertiary/aromatic N) is 1. The van der Waals surface area contributed by atoms with Crippen molar-refractivity contribution in [2.75, 3.05) is 4.90 Å². The molecule has 0 spiro atoms. The van der Waals surface area contributed by atoms with Crippen LogP contribution in [-0.2, 0) is 9.59 Å². The van der Waals surface area contributed by atoms with Crippen LogP contribution in [0.2, 0.25) is 0 Å². The van der Waals surface area contributed by atoms with Crippen molar-refractivity contribution in [2.24, 2.45) is 0 Å². The maximum absolute atomic E-state index is 12.7. The predicted octanol–water partition coefficient (Wildman–Crippen LogP) is 2.88. The molecule has 0 saturated carbocycles. The number of benzene rings is 2. The third-order valence-electron chi connectivity index (χ3n) is 4.11. The van der Waals surface area contributed by atoms with Crippen LogP contribution >= 0.6 is 0 Å². The molecule has 0 bridgehead atoms. The number of rotatable bonds is 1. The highest BCUT2D eigenvalue weighted by molar-refractivity contribution is 6.27. The molecule has 120 valence electrons. The largest absolute Gasteiger partial charge is 0.295 e. The Morgan fingerprint density at radius 2 is 1.78 bits per heavy atom. The van der Waals surface area contributed by atoms with Gasteiger partial charge in [0.2, 0.25) is 11.8 Å². The zero-order valence-corrected chi connectivity index (χ0v) is 13.1. The molecule has 1 saturated heterocycles. The zero-order chi connectivity index (χ0) is 16.6. The van der Waals surface area contributed by atoms with Crippen LogP contribution in [0, 0.1) is 0 Å². The van der Waals surface area contributed by atoms with Crippen molar-refractivity contribution in [3.8, 4) is 0 Å². The van der Waals surface area contributed by atoms with Crippen LogP contribution in [-0.4, -0.2) is 23.8 Å². The highest BCUT2D eigenvalue weighted by atomic mass is 16.2. The number of imide groups is 1. The van der Waals surface area contributed by atoms with E-state index in [0.717, 1.165) is 16.5 Å². The van der Waals surface area contributed by atoms with Gasteiger partial charge in [0.15, 0.2) is 0 Å². The van der Waals surface area contributed by atoms with Crippen molar-refractivity contribution in [3.05, 3.63) is 42.0 Å². The quantitative estimate of drug-likeness (QED) is 0.823. The predicted molar refractivity (Wildman–Crippen MR) is 90.4 cm³/mol. The normalized spacial score (nSPS) is 19.5. The van der Waals surface area contributed by atoms with Crippen molar-refractivity contribution in [1.82, 2.24) is 5.32 Å². The Labute approximate surface area is 135 Å². The van der Waals surface area contributed by atoms with Crippen LogP contribution in [0.4, 0.5) is 5.69 Å². The molecule has 0 aliphatic carbocycles. The summed E-state index contributed by atoms with van der Waals surface area (Å²) in [6.07, 6.45) is 0.618. The Morgan fingerprint density at radius 3 is 2.48 bits per heavy atom. The van der Waals surface area contributed by atoms with Gasteiger partial charge < -0.3 is 0 Å². The molecular weight excluding hydrogens is 292 g/mol. The van der Waals surface area contributed by atoms with Gasteiger partial charge in [-0.1, -0.05) is 38.1 Å². The summed E-state index contributed by atoms with van der Waals surface area (Å²) in [5, 5.41) is 4.18. The summed E-state index contributed by atoms with van der Waals surface area (Å²) in [7, 11) is 0. The number of hydrogen-bond acceptors (Lipinski definition) is 3. The Bertz CT molecular complexity index is 814. The van der Waals surface area contributed by atoms with E-state index >= 15 is 0 Å². The Hall–Kier alpha value is -2.69. The molecule has 1 atom stereocenters. The monoisotopic (exact) mass is 312 g/mol. The van der Waals surface area contributed by atoms with E-state index in [1.54, 1.807) is 6.07 Å². The summed E-state index contributed by atoms with van der Waals surface area (Å²) in [5.41, 5.74) is 1.37. The molecule has 2 aromatic rings. The van der Waals surface area contributed by atoms with Crippen molar-refractivity contribution >= 4 is 34.2 Å². The first-order chi connectivity index (χ1) is 11.2. The number of amides is 3. The second kappa shape index (κ2) is 5.83. The van der Waals surface area contributed by atoms with Gasteiger partial charge in [-0.15, -0.1) is 0 Å². The first kappa shape index (κ1) is 15.2. The van der Waals surface area contributed by atoms with Gasteiger partial charge in [0.05, 0.1) is 5.69 Å². The van der Waals surface area contributed by atoms with E-state index in [4.69, 9.17) is 0 Å². The van der Waals surface area contributed by atoms with Gasteiger partial charge in [-0.3, -0.25) is 24.6 Å². The number of nitrogens with one attached hydrogen (secondary N) is 1. The Morgan fingerprint density at radius 1 is 1.09 bits per heavy atom. The van der Waals surface area contributed by atoms with Gasteiger partial charge in [0, 0.05) is 18.8 Å². The van der Waals surface area contributed by atoms with E-state index in [1.807, 2.05) is 44.2 Å². The van der Waals surface area contributed by atoms with E-state index in [2.05, 4.69) is 5.32 Å². The van der Waals surface area contributed by atoms with E-state index < -0.39 is 11.9 Å².